The molecule has 4 heteroatoms. The molecule has 0 amide bonds. The number of benzene rings is 1. The molecular weight excluding hydrogens is 246 g/mol. The van der Waals surface area contributed by atoms with Crippen LogP contribution >= 0.6 is 11.8 Å². The molecule has 0 saturated heterocycles. The molecule has 0 aliphatic rings. The number of methoxy groups -OCH3 is 1. The normalized spacial score (nSPS) is 10.1. The van der Waals surface area contributed by atoms with Crippen molar-refractivity contribution in [1.82, 2.24) is 4.98 Å². The first kappa shape index (κ1) is 12.6. The van der Waals surface area contributed by atoms with Crippen molar-refractivity contribution in [1.29, 1.82) is 0 Å². The number of pyridine rings is 1. The van der Waals surface area contributed by atoms with Gasteiger partial charge in [-0.3, -0.25) is 0 Å². The Labute approximate surface area is 110 Å². The number of esters is 1. The number of aromatic nitrogens is 1. The van der Waals surface area contributed by atoms with E-state index < -0.39 is 0 Å². The van der Waals surface area contributed by atoms with Crippen molar-refractivity contribution in [3.8, 4) is 0 Å². The maximum Gasteiger partial charge on any atom is 0.337 e. The van der Waals surface area contributed by atoms with Crippen molar-refractivity contribution in [3.05, 3.63) is 59.8 Å². The quantitative estimate of drug-likeness (QED) is 0.624. The third-order valence-corrected chi connectivity index (χ3v) is 3.39. The summed E-state index contributed by atoms with van der Waals surface area (Å²) in [6.45, 7) is 0. The first-order valence-corrected chi connectivity index (χ1v) is 6.49. The molecule has 1 aromatic heterocycles. The van der Waals surface area contributed by atoms with Gasteiger partial charge < -0.3 is 4.74 Å². The summed E-state index contributed by atoms with van der Waals surface area (Å²) in [5.41, 5.74) is 1.66. The molecule has 2 aromatic rings. The molecule has 0 N–H and O–H groups in total. The summed E-state index contributed by atoms with van der Waals surface area (Å²) >= 11 is 1.64. The van der Waals surface area contributed by atoms with Crippen LogP contribution in [0.2, 0.25) is 0 Å². The highest BCUT2D eigenvalue weighted by Crippen LogP contribution is 2.20. The molecule has 0 bridgehead atoms. The zero-order valence-electron chi connectivity index (χ0n) is 10.00. The first-order chi connectivity index (χ1) is 8.79. The largest absolute Gasteiger partial charge is 0.465 e. The average Bonchev–Trinajstić information content (AvgIpc) is 2.45. The SMILES string of the molecule is COC(=O)c1cccc(CSc2ccccn2)c1. The molecule has 0 radical (unpaired) electrons. The summed E-state index contributed by atoms with van der Waals surface area (Å²) in [7, 11) is 1.39. The fourth-order valence-electron chi connectivity index (χ4n) is 1.50. The highest BCUT2D eigenvalue weighted by atomic mass is 32.2. The molecule has 0 saturated carbocycles. The highest BCUT2D eigenvalue weighted by Gasteiger charge is 2.05. The van der Waals surface area contributed by atoms with Gasteiger partial charge in [0.2, 0.25) is 0 Å². The minimum atomic E-state index is -0.306. The molecule has 1 aromatic carbocycles. The number of carbonyl (C=O) groups is 1. The van der Waals surface area contributed by atoms with Gasteiger partial charge in [-0.2, -0.15) is 0 Å². The summed E-state index contributed by atoms with van der Waals surface area (Å²) in [5.74, 6) is 0.474. The first-order valence-electron chi connectivity index (χ1n) is 5.50. The summed E-state index contributed by atoms with van der Waals surface area (Å²) in [6.07, 6.45) is 1.77. The van der Waals surface area contributed by atoms with Crippen molar-refractivity contribution in [2.45, 2.75) is 10.8 Å². The van der Waals surface area contributed by atoms with Crippen LogP contribution < -0.4 is 0 Å². The fraction of sp³-hybridized carbons (Fsp3) is 0.143. The second kappa shape index (κ2) is 6.21. The number of ether oxygens (including phenoxy) is 1. The van der Waals surface area contributed by atoms with Crippen LogP contribution in [0.1, 0.15) is 15.9 Å². The van der Waals surface area contributed by atoms with Gasteiger partial charge in [0.15, 0.2) is 0 Å². The van der Waals surface area contributed by atoms with Gasteiger partial charge in [-0.25, -0.2) is 9.78 Å². The van der Waals surface area contributed by atoms with E-state index >= 15 is 0 Å². The Balaban J connectivity index is 2.04. The number of hydrogen-bond acceptors (Lipinski definition) is 4. The summed E-state index contributed by atoms with van der Waals surface area (Å²) in [6, 6.07) is 13.3. The molecule has 92 valence electrons. The number of nitrogens with zero attached hydrogens (tertiary/aromatic N) is 1. The Morgan fingerprint density at radius 2 is 2.17 bits per heavy atom. The predicted octanol–water partition coefficient (Wildman–Crippen LogP) is 3.16. The van der Waals surface area contributed by atoms with E-state index in [2.05, 4.69) is 4.98 Å². The molecule has 0 aliphatic heterocycles. The summed E-state index contributed by atoms with van der Waals surface area (Å²) in [5, 5.41) is 0.973. The van der Waals surface area contributed by atoms with Crippen LogP contribution in [0.25, 0.3) is 0 Å². The minimum Gasteiger partial charge on any atom is -0.465 e. The predicted molar refractivity (Wildman–Crippen MR) is 71.6 cm³/mol. The Bertz CT molecular complexity index is 528. The van der Waals surface area contributed by atoms with Crippen molar-refractivity contribution in [2.75, 3.05) is 7.11 Å². The third kappa shape index (κ3) is 3.34. The molecule has 1 heterocycles. The lowest BCUT2D eigenvalue weighted by atomic mass is 10.1. The lowest BCUT2D eigenvalue weighted by Gasteiger charge is -2.03. The molecule has 2 rings (SSSR count). The standard InChI is InChI=1S/C14H13NO2S/c1-17-14(16)12-6-4-5-11(9-12)10-18-13-7-2-3-8-15-13/h2-9H,10H2,1H3. The molecule has 0 aliphatic carbocycles. The van der Waals surface area contributed by atoms with E-state index in [1.807, 2.05) is 36.4 Å². The third-order valence-electron chi connectivity index (χ3n) is 2.37. The molecular formula is C14H13NO2S. The molecule has 0 fully saturated rings. The smallest absolute Gasteiger partial charge is 0.337 e. The van der Waals surface area contributed by atoms with Crippen molar-refractivity contribution in [2.24, 2.45) is 0 Å². The summed E-state index contributed by atoms with van der Waals surface area (Å²) < 4.78 is 4.70. The van der Waals surface area contributed by atoms with Crippen LogP contribution in [-0.4, -0.2) is 18.1 Å². The second-order valence-corrected chi connectivity index (χ2v) is 4.64. The van der Waals surface area contributed by atoms with E-state index in [4.69, 9.17) is 4.74 Å². The van der Waals surface area contributed by atoms with Crippen molar-refractivity contribution < 1.29 is 9.53 Å². The van der Waals surface area contributed by atoms with Crippen LogP contribution in [0.15, 0.2) is 53.7 Å². The van der Waals surface area contributed by atoms with E-state index in [0.717, 1.165) is 16.3 Å². The lowest BCUT2D eigenvalue weighted by Crippen LogP contribution is -2.01. The van der Waals surface area contributed by atoms with E-state index in [-0.39, 0.29) is 5.97 Å². The van der Waals surface area contributed by atoms with Crippen LogP contribution in [0.5, 0.6) is 0 Å². The second-order valence-electron chi connectivity index (χ2n) is 3.65. The number of hydrogen-bond donors (Lipinski definition) is 0. The van der Waals surface area contributed by atoms with Gasteiger partial charge in [-0.1, -0.05) is 18.2 Å². The van der Waals surface area contributed by atoms with E-state index in [9.17, 15) is 4.79 Å². The maximum atomic E-state index is 11.4. The maximum absolute atomic E-state index is 11.4. The van der Waals surface area contributed by atoms with Crippen LogP contribution in [0.3, 0.4) is 0 Å². The summed E-state index contributed by atoms with van der Waals surface area (Å²) in [4.78, 5) is 15.6. The number of thioether (sulfide) groups is 1. The highest BCUT2D eigenvalue weighted by molar-refractivity contribution is 7.98. The van der Waals surface area contributed by atoms with Gasteiger partial charge in [-0.15, -0.1) is 11.8 Å². The Morgan fingerprint density at radius 3 is 2.89 bits per heavy atom. The van der Waals surface area contributed by atoms with Crippen LogP contribution in [0.4, 0.5) is 0 Å². The van der Waals surface area contributed by atoms with Gasteiger partial charge in [-0.05, 0) is 29.8 Å². The Hall–Kier alpha value is -1.81. The van der Waals surface area contributed by atoms with Gasteiger partial charge in [0.1, 0.15) is 0 Å². The van der Waals surface area contributed by atoms with E-state index in [1.165, 1.54) is 7.11 Å². The molecule has 0 atom stereocenters. The minimum absolute atomic E-state index is 0.306. The van der Waals surface area contributed by atoms with Crippen LogP contribution in [-0.2, 0) is 10.5 Å². The van der Waals surface area contributed by atoms with Gasteiger partial charge in [0.05, 0.1) is 17.7 Å². The van der Waals surface area contributed by atoms with E-state index in [0.29, 0.717) is 5.56 Å². The molecule has 3 nitrogen and oxygen atoms in total. The monoisotopic (exact) mass is 259 g/mol. The van der Waals surface area contributed by atoms with E-state index in [1.54, 1.807) is 24.0 Å². The number of rotatable bonds is 4. The zero-order chi connectivity index (χ0) is 12.8. The fourth-order valence-corrected chi connectivity index (χ4v) is 2.30. The molecule has 0 unspecified atom stereocenters. The van der Waals surface area contributed by atoms with Gasteiger partial charge >= 0.3 is 5.97 Å². The average molecular weight is 259 g/mol. The molecule has 0 spiro atoms. The van der Waals surface area contributed by atoms with Gasteiger partial charge in [0, 0.05) is 11.9 Å². The van der Waals surface area contributed by atoms with Crippen molar-refractivity contribution >= 4 is 17.7 Å². The van der Waals surface area contributed by atoms with Crippen molar-refractivity contribution in [3.63, 3.8) is 0 Å². The number of carbonyl (C=O) groups excluding carboxylic acids is 1. The van der Waals surface area contributed by atoms with Gasteiger partial charge in [0.25, 0.3) is 0 Å². The Kier molecular flexibility index (Phi) is 4.36. The van der Waals surface area contributed by atoms with Crippen LogP contribution in [0, 0.1) is 0 Å². The zero-order valence-corrected chi connectivity index (χ0v) is 10.8. The molecule has 18 heavy (non-hydrogen) atoms. The Morgan fingerprint density at radius 1 is 1.28 bits per heavy atom. The lowest BCUT2D eigenvalue weighted by molar-refractivity contribution is 0.0600. The topological polar surface area (TPSA) is 39.2 Å².